The maximum Gasteiger partial charge on any atom is 0.251 e. The van der Waals surface area contributed by atoms with Gasteiger partial charge in [-0.1, -0.05) is 48.6 Å². The molecule has 0 radical (unpaired) electrons. The average molecular weight is 347 g/mol. The number of carbonyl (C=O) groups is 2. The number of hydrogen-bond donors (Lipinski definition) is 2. The average Bonchev–Trinajstić information content (AvgIpc) is 3.09. The zero-order valence-corrected chi connectivity index (χ0v) is 14.4. The monoisotopic (exact) mass is 347 g/mol. The van der Waals surface area contributed by atoms with Gasteiger partial charge in [0.05, 0.1) is 0 Å². The molecular formula is C22H21NO3. The van der Waals surface area contributed by atoms with Crippen LogP contribution in [-0.4, -0.2) is 29.9 Å². The lowest BCUT2D eigenvalue weighted by Crippen LogP contribution is -2.24. The van der Waals surface area contributed by atoms with Crippen LogP contribution in [0.4, 0.5) is 0 Å². The van der Waals surface area contributed by atoms with Crippen LogP contribution in [0.2, 0.25) is 0 Å². The molecule has 0 saturated heterocycles. The van der Waals surface area contributed by atoms with E-state index in [1.54, 1.807) is 30.3 Å². The molecule has 0 spiro atoms. The van der Waals surface area contributed by atoms with Crippen molar-refractivity contribution in [1.29, 1.82) is 0 Å². The van der Waals surface area contributed by atoms with Crippen LogP contribution < -0.4 is 5.32 Å². The number of amides is 1. The summed E-state index contributed by atoms with van der Waals surface area (Å²) in [5, 5.41) is 11.6. The van der Waals surface area contributed by atoms with Gasteiger partial charge in [0.25, 0.3) is 5.91 Å². The van der Waals surface area contributed by atoms with E-state index in [0.29, 0.717) is 12.1 Å². The summed E-state index contributed by atoms with van der Waals surface area (Å²) in [5.41, 5.74) is 5.30. The fourth-order valence-electron chi connectivity index (χ4n) is 2.99. The minimum atomic E-state index is -0.502. The van der Waals surface area contributed by atoms with Crippen LogP contribution in [-0.2, 0) is 11.2 Å². The number of benzene rings is 2. The molecule has 0 bridgehead atoms. The summed E-state index contributed by atoms with van der Waals surface area (Å²) in [6.07, 6.45) is 6.94. The number of allylic oxidation sites excluding steroid dienone is 1. The van der Waals surface area contributed by atoms with Crippen LogP contribution >= 0.6 is 0 Å². The number of aliphatic hydroxyl groups is 1. The number of fused-ring (bicyclic) bond motifs is 1. The Kier molecular flexibility index (Phi) is 5.77. The summed E-state index contributed by atoms with van der Waals surface area (Å²) in [6.45, 7) is 0.0869. The van der Waals surface area contributed by atoms with Crippen LogP contribution in [0.3, 0.4) is 0 Å². The molecule has 4 heteroatoms. The van der Waals surface area contributed by atoms with Crippen molar-refractivity contribution in [1.82, 2.24) is 5.32 Å². The van der Waals surface area contributed by atoms with Crippen LogP contribution in [0, 0.1) is 0 Å². The lowest BCUT2D eigenvalue weighted by Gasteiger charge is -2.08. The number of ketones is 1. The first-order valence-corrected chi connectivity index (χ1v) is 8.65. The van der Waals surface area contributed by atoms with E-state index < -0.39 is 6.61 Å². The molecule has 0 heterocycles. The van der Waals surface area contributed by atoms with E-state index in [-0.39, 0.29) is 11.7 Å². The molecule has 4 nitrogen and oxygen atoms in total. The number of rotatable bonds is 7. The van der Waals surface area contributed by atoms with Gasteiger partial charge < -0.3 is 10.4 Å². The second kappa shape index (κ2) is 8.41. The van der Waals surface area contributed by atoms with Gasteiger partial charge >= 0.3 is 0 Å². The fourth-order valence-corrected chi connectivity index (χ4v) is 2.99. The van der Waals surface area contributed by atoms with E-state index in [9.17, 15) is 9.59 Å². The molecular weight excluding hydrogens is 326 g/mol. The minimum Gasteiger partial charge on any atom is -0.388 e. The van der Waals surface area contributed by atoms with Crippen molar-refractivity contribution >= 4 is 23.3 Å². The molecule has 1 amide bonds. The Morgan fingerprint density at radius 3 is 2.62 bits per heavy atom. The predicted molar refractivity (Wildman–Crippen MR) is 103 cm³/mol. The van der Waals surface area contributed by atoms with Gasteiger partial charge in [-0.2, -0.15) is 0 Å². The van der Waals surface area contributed by atoms with Gasteiger partial charge in [0.15, 0.2) is 5.78 Å². The number of carbonyl (C=O) groups excluding carboxylic acids is 2. The molecule has 26 heavy (non-hydrogen) atoms. The molecule has 2 aromatic rings. The second-order valence-corrected chi connectivity index (χ2v) is 6.18. The van der Waals surface area contributed by atoms with Crippen molar-refractivity contribution in [3.63, 3.8) is 0 Å². The van der Waals surface area contributed by atoms with E-state index in [1.807, 2.05) is 6.07 Å². The first-order chi connectivity index (χ1) is 12.7. The lowest BCUT2D eigenvalue weighted by molar-refractivity contribution is -0.117. The summed E-state index contributed by atoms with van der Waals surface area (Å²) < 4.78 is 0. The molecule has 1 aliphatic rings. The molecule has 3 rings (SSSR count). The SMILES string of the molecule is O=C(/C=C/c1ccc(C(=O)NCCC2=CCc3ccccc32)cc1)CO. The highest BCUT2D eigenvalue weighted by atomic mass is 16.3. The highest BCUT2D eigenvalue weighted by molar-refractivity contribution is 5.96. The Hall–Kier alpha value is -2.98. The van der Waals surface area contributed by atoms with Crippen molar-refractivity contribution in [2.75, 3.05) is 13.2 Å². The van der Waals surface area contributed by atoms with E-state index in [0.717, 1.165) is 18.4 Å². The third-order valence-corrected chi connectivity index (χ3v) is 4.40. The zero-order chi connectivity index (χ0) is 18.4. The second-order valence-electron chi connectivity index (χ2n) is 6.18. The Bertz CT molecular complexity index is 863. The third kappa shape index (κ3) is 4.35. The summed E-state index contributed by atoms with van der Waals surface area (Å²) in [7, 11) is 0. The summed E-state index contributed by atoms with van der Waals surface area (Å²) in [4.78, 5) is 23.3. The van der Waals surface area contributed by atoms with E-state index in [1.165, 1.54) is 22.8 Å². The molecule has 0 unspecified atom stereocenters. The number of aliphatic hydroxyl groups excluding tert-OH is 1. The summed E-state index contributed by atoms with van der Waals surface area (Å²) in [6, 6.07) is 15.4. The van der Waals surface area contributed by atoms with Crippen molar-refractivity contribution < 1.29 is 14.7 Å². The highest BCUT2D eigenvalue weighted by Gasteiger charge is 2.13. The zero-order valence-electron chi connectivity index (χ0n) is 14.4. The van der Waals surface area contributed by atoms with Crippen molar-refractivity contribution in [2.45, 2.75) is 12.8 Å². The Morgan fingerprint density at radius 1 is 1.08 bits per heavy atom. The van der Waals surface area contributed by atoms with Crippen LogP contribution in [0.1, 0.15) is 33.5 Å². The molecule has 0 atom stereocenters. The largest absolute Gasteiger partial charge is 0.388 e. The molecule has 2 aromatic carbocycles. The van der Waals surface area contributed by atoms with Gasteiger partial charge in [-0.15, -0.1) is 0 Å². The molecule has 132 valence electrons. The molecule has 0 saturated carbocycles. The third-order valence-electron chi connectivity index (χ3n) is 4.40. The fraction of sp³-hybridized carbons (Fsp3) is 0.182. The van der Waals surface area contributed by atoms with E-state index in [2.05, 4.69) is 29.6 Å². The van der Waals surface area contributed by atoms with Crippen molar-refractivity contribution in [2.24, 2.45) is 0 Å². The van der Waals surface area contributed by atoms with Crippen LogP contribution in [0.25, 0.3) is 11.6 Å². The van der Waals surface area contributed by atoms with Gasteiger partial charge in [-0.3, -0.25) is 9.59 Å². The van der Waals surface area contributed by atoms with Gasteiger partial charge in [0.1, 0.15) is 6.61 Å². The predicted octanol–water partition coefficient (Wildman–Crippen LogP) is 3.02. The Balaban J connectivity index is 1.51. The first kappa shape index (κ1) is 17.8. The normalized spacial score (nSPS) is 12.7. The molecule has 0 aliphatic heterocycles. The molecule has 0 fully saturated rings. The summed E-state index contributed by atoms with van der Waals surface area (Å²) >= 11 is 0. The maximum absolute atomic E-state index is 12.3. The van der Waals surface area contributed by atoms with Crippen LogP contribution in [0.5, 0.6) is 0 Å². The number of hydrogen-bond acceptors (Lipinski definition) is 3. The highest BCUT2D eigenvalue weighted by Crippen LogP contribution is 2.28. The van der Waals surface area contributed by atoms with Gasteiger partial charge in [-0.25, -0.2) is 0 Å². The maximum atomic E-state index is 12.3. The smallest absolute Gasteiger partial charge is 0.251 e. The Labute approximate surface area is 152 Å². The van der Waals surface area contributed by atoms with Crippen LogP contribution in [0.15, 0.2) is 60.7 Å². The molecule has 2 N–H and O–H groups in total. The first-order valence-electron chi connectivity index (χ1n) is 8.65. The van der Waals surface area contributed by atoms with E-state index >= 15 is 0 Å². The molecule has 0 aromatic heterocycles. The quantitative estimate of drug-likeness (QED) is 0.757. The topological polar surface area (TPSA) is 66.4 Å². The standard InChI is InChI=1S/C22H21NO3/c24-15-20(25)12-7-16-5-8-19(9-6-16)22(26)23-14-13-18-11-10-17-3-1-2-4-21(17)18/h1-9,11-12,24H,10,13-15H2,(H,23,26)/b12-7+. The van der Waals surface area contributed by atoms with Gasteiger partial charge in [-0.05, 0) is 53.3 Å². The van der Waals surface area contributed by atoms with Gasteiger partial charge in [0.2, 0.25) is 0 Å². The minimum absolute atomic E-state index is 0.112. The van der Waals surface area contributed by atoms with Crippen molar-refractivity contribution in [3.8, 4) is 0 Å². The van der Waals surface area contributed by atoms with Gasteiger partial charge in [0, 0.05) is 12.1 Å². The lowest BCUT2D eigenvalue weighted by atomic mass is 10.0. The van der Waals surface area contributed by atoms with Crippen molar-refractivity contribution in [3.05, 3.63) is 82.9 Å². The molecule has 1 aliphatic carbocycles. The summed E-state index contributed by atoms with van der Waals surface area (Å²) in [5.74, 6) is -0.464. The Morgan fingerprint density at radius 2 is 1.85 bits per heavy atom. The van der Waals surface area contributed by atoms with E-state index in [4.69, 9.17) is 5.11 Å². The number of nitrogens with one attached hydrogen (secondary N) is 1.